The lowest BCUT2D eigenvalue weighted by Gasteiger charge is -2.29. The van der Waals surface area contributed by atoms with Gasteiger partial charge in [0.25, 0.3) is 0 Å². The Hall–Kier alpha value is -5.37. The lowest BCUT2D eigenvalue weighted by Crippen LogP contribution is -3.00. The molecule has 2 aliphatic rings. The van der Waals surface area contributed by atoms with Gasteiger partial charge in [0.2, 0.25) is 11.6 Å². The van der Waals surface area contributed by atoms with E-state index < -0.39 is 35.1 Å². The van der Waals surface area contributed by atoms with E-state index in [9.17, 15) is 19.2 Å². The van der Waals surface area contributed by atoms with E-state index in [1.165, 1.54) is 33.9 Å². The van der Waals surface area contributed by atoms with Gasteiger partial charge in [-0.15, -0.1) is 0 Å². The molecular weight excluding hydrogens is 1020 g/mol. The molecule has 0 atom stereocenters. The number of allylic oxidation sites excluding steroid dienone is 8. The normalized spacial score (nSPS) is 15.5. The maximum Gasteiger partial charge on any atom is 0.410 e. The largest absolute Gasteiger partial charge is 1.00 e. The van der Waals surface area contributed by atoms with Crippen molar-refractivity contribution >= 4 is 41.3 Å². The van der Waals surface area contributed by atoms with Gasteiger partial charge in [0, 0.05) is 93.2 Å². The molecule has 0 unspecified atom stereocenters. The van der Waals surface area contributed by atoms with E-state index in [-0.39, 0.29) is 33.7 Å². The Labute approximate surface area is 468 Å². The van der Waals surface area contributed by atoms with E-state index in [4.69, 9.17) is 14.2 Å². The summed E-state index contributed by atoms with van der Waals surface area (Å²) in [6.45, 7) is 32.2. The molecule has 2 aromatic carbocycles. The summed E-state index contributed by atoms with van der Waals surface area (Å²) in [4.78, 5) is 57.4. The highest BCUT2D eigenvalue weighted by atomic mass is 79.9. The number of carbonyl (C=O) groups excluding carboxylic acids is 4. The topological polar surface area (TPSA) is 133 Å². The predicted molar refractivity (Wildman–Crippen MR) is 306 cm³/mol. The third-order valence-corrected chi connectivity index (χ3v) is 13.2. The standard InChI is InChI=1S/C62H94N6O7.BrH/c1-15-16-46-67-50-35-26-24-33-48(50)61(11,12)52(67)37-21-18-17-19-22-38-53-62(13,14)49-34-25-27-36-51(49)68(53)47-28-20-23-39-54(69)63-40-31-44-65(56(71)74-59(5,6)7)42-29-30-43-66(57(72)75-60(8,9)10)45-32-41-64-55(70)73-58(2,3)4;/h17-19,21-22,24-27,33-38H,15-16,20,23,28-32,39-47H2,1-14H3,(H-,63,64,69,70);1H. The summed E-state index contributed by atoms with van der Waals surface area (Å²) in [7, 11) is 0. The van der Waals surface area contributed by atoms with Gasteiger partial charge in [-0.3, -0.25) is 4.79 Å². The van der Waals surface area contributed by atoms with Gasteiger partial charge in [-0.25, -0.2) is 14.4 Å². The highest BCUT2D eigenvalue weighted by Crippen LogP contribution is 2.47. The molecule has 0 spiro atoms. The minimum absolute atomic E-state index is 0. The first kappa shape index (κ1) is 64.9. The van der Waals surface area contributed by atoms with E-state index in [1.54, 1.807) is 30.6 Å². The second kappa shape index (κ2) is 30.0. The number of para-hydroxylation sites is 2. The molecule has 0 bridgehead atoms. The summed E-state index contributed by atoms with van der Waals surface area (Å²) in [5, 5.41) is 5.81. The number of hydrogen-bond acceptors (Lipinski definition) is 8. The second-order valence-corrected chi connectivity index (χ2v) is 23.9. The maximum absolute atomic E-state index is 13.3. The van der Waals surface area contributed by atoms with Crippen LogP contribution in [0.25, 0.3) is 0 Å². The van der Waals surface area contributed by atoms with Gasteiger partial charge in [-0.2, -0.15) is 4.58 Å². The first-order chi connectivity index (χ1) is 35.2. The SMILES string of the molecule is CCCCN1/C(=C/C=C/C=C/C=C/C2=[N+](CCCCCC(=O)NCCCN(CCCCN(CCCNC(=O)OC(C)(C)C)C(=O)OC(C)(C)C)C(=O)OC(C)(C)C)c3ccccc3C2(C)C)C(C)(C)c2ccccc21.[Br-]. The molecule has 76 heavy (non-hydrogen) atoms. The summed E-state index contributed by atoms with van der Waals surface area (Å²) in [6, 6.07) is 17.5. The molecule has 422 valence electrons. The molecule has 13 nitrogen and oxygen atoms in total. The molecule has 4 rings (SSSR count). The van der Waals surface area contributed by atoms with Crippen molar-refractivity contribution in [2.45, 2.75) is 189 Å². The average Bonchev–Trinajstić information content (AvgIpc) is 3.66. The van der Waals surface area contributed by atoms with Crippen LogP contribution in [-0.4, -0.2) is 113 Å². The van der Waals surface area contributed by atoms with E-state index in [0.29, 0.717) is 71.4 Å². The number of ether oxygens (including phenoxy) is 3. The molecule has 2 heterocycles. The lowest BCUT2D eigenvalue weighted by molar-refractivity contribution is -0.438. The zero-order valence-electron chi connectivity index (χ0n) is 48.9. The first-order valence-corrected chi connectivity index (χ1v) is 27.8. The Kier molecular flexibility index (Phi) is 25.6. The average molecular weight is 1120 g/mol. The number of hydrogen-bond donors (Lipinski definition) is 2. The number of unbranched alkanes of at least 4 members (excludes halogenated alkanes) is 4. The van der Waals surface area contributed by atoms with Crippen LogP contribution < -0.4 is 32.5 Å². The molecule has 2 aromatic rings. The van der Waals surface area contributed by atoms with E-state index >= 15 is 0 Å². The molecule has 2 N–H and O–H groups in total. The van der Waals surface area contributed by atoms with Gasteiger partial charge in [0.15, 0.2) is 5.71 Å². The van der Waals surface area contributed by atoms with Gasteiger partial charge in [-0.1, -0.05) is 94.0 Å². The van der Waals surface area contributed by atoms with Crippen molar-refractivity contribution in [3.8, 4) is 0 Å². The number of anilines is 1. The van der Waals surface area contributed by atoms with Crippen LogP contribution in [0.5, 0.6) is 0 Å². The summed E-state index contributed by atoms with van der Waals surface area (Å²) < 4.78 is 19.2. The van der Waals surface area contributed by atoms with Gasteiger partial charge in [0.1, 0.15) is 23.3 Å². The van der Waals surface area contributed by atoms with Crippen molar-refractivity contribution in [3.63, 3.8) is 0 Å². The van der Waals surface area contributed by atoms with Crippen LogP contribution in [0.1, 0.15) is 172 Å². The highest BCUT2D eigenvalue weighted by molar-refractivity contribution is 6.03. The lowest BCUT2D eigenvalue weighted by atomic mass is 9.81. The number of carbonyl (C=O) groups is 4. The zero-order valence-corrected chi connectivity index (χ0v) is 50.5. The third-order valence-electron chi connectivity index (χ3n) is 13.2. The molecule has 0 aromatic heterocycles. The fourth-order valence-corrected chi connectivity index (χ4v) is 9.51. The molecule has 0 saturated heterocycles. The molecule has 0 radical (unpaired) electrons. The van der Waals surface area contributed by atoms with Crippen molar-refractivity contribution in [2.75, 3.05) is 57.3 Å². The summed E-state index contributed by atoms with van der Waals surface area (Å²) >= 11 is 0. The summed E-state index contributed by atoms with van der Waals surface area (Å²) in [6.07, 6.45) is 21.6. The molecule has 14 heteroatoms. The van der Waals surface area contributed by atoms with E-state index in [1.807, 2.05) is 41.5 Å². The number of rotatable bonds is 26. The Morgan fingerprint density at radius 3 is 1.72 bits per heavy atom. The monoisotopic (exact) mass is 1110 g/mol. The van der Waals surface area contributed by atoms with Crippen LogP contribution in [0.2, 0.25) is 0 Å². The van der Waals surface area contributed by atoms with E-state index in [2.05, 4.69) is 146 Å². The smallest absolute Gasteiger partial charge is 0.410 e. The minimum atomic E-state index is -0.666. The van der Waals surface area contributed by atoms with Crippen molar-refractivity contribution in [1.82, 2.24) is 20.4 Å². The minimum Gasteiger partial charge on any atom is -1.00 e. The highest BCUT2D eigenvalue weighted by Gasteiger charge is 2.44. The molecule has 0 aliphatic carbocycles. The van der Waals surface area contributed by atoms with Gasteiger partial charge in [0.05, 0.1) is 5.41 Å². The van der Waals surface area contributed by atoms with Gasteiger partial charge in [-0.05, 0) is 139 Å². The first-order valence-electron chi connectivity index (χ1n) is 27.8. The molecular formula is C62H95BrN6O7. The van der Waals surface area contributed by atoms with Crippen LogP contribution in [-0.2, 0) is 29.8 Å². The van der Waals surface area contributed by atoms with Crippen molar-refractivity contribution in [1.29, 1.82) is 0 Å². The van der Waals surface area contributed by atoms with Crippen LogP contribution in [0, 0.1) is 0 Å². The second-order valence-electron chi connectivity index (χ2n) is 23.9. The Bertz CT molecular complexity index is 2360. The van der Waals surface area contributed by atoms with Gasteiger partial charge < -0.3 is 56.5 Å². The number of nitrogens with zero attached hydrogens (tertiary/aromatic N) is 4. The molecule has 0 saturated carbocycles. The van der Waals surface area contributed by atoms with Crippen molar-refractivity contribution in [3.05, 3.63) is 108 Å². The fraction of sp³-hybridized carbons (Fsp3) is 0.597. The molecule has 2 aliphatic heterocycles. The number of benzene rings is 2. The zero-order chi connectivity index (χ0) is 55.5. The van der Waals surface area contributed by atoms with Crippen LogP contribution >= 0.6 is 0 Å². The van der Waals surface area contributed by atoms with Crippen LogP contribution in [0.4, 0.5) is 25.8 Å². The molecule has 4 amide bonds. The van der Waals surface area contributed by atoms with E-state index in [0.717, 1.165) is 45.2 Å². The molecule has 0 fully saturated rings. The predicted octanol–water partition coefficient (Wildman–Crippen LogP) is 10.5. The maximum atomic E-state index is 13.3. The van der Waals surface area contributed by atoms with Crippen molar-refractivity contribution < 1.29 is 54.9 Å². The van der Waals surface area contributed by atoms with Crippen molar-refractivity contribution in [2.24, 2.45) is 0 Å². The summed E-state index contributed by atoms with van der Waals surface area (Å²) in [5.41, 5.74) is 5.73. The number of alkyl carbamates (subject to hydrolysis) is 1. The quantitative estimate of drug-likeness (QED) is 0.0412. The Balaban J connectivity index is 0.0000152. The summed E-state index contributed by atoms with van der Waals surface area (Å²) in [5.74, 6) is 0.00748. The fourth-order valence-electron chi connectivity index (χ4n) is 9.51. The van der Waals surface area contributed by atoms with Gasteiger partial charge >= 0.3 is 18.3 Å². The Morgan fingerprint density at radius 2 is 1.13 bits per heavy atom. The number of fused-ring (bicyclic) bond motifs is 2. The number of halogens is 1. The number of nitrogens with one attached hydrogen (secondary N) is 2. The van der Waals surface area contributed by atoms with Crippen LogP contribution in [0.3, 0.4) is 0 Å². The third kappa shape index (κ3) is 20.9. The van der Waals surface area contributed by atoms with Crippen LogP contribution in [0.15, 0.2) is 96.8 Å². The Morgan fingerprint density at radius 1 is 0.605 bits per heavy atom. The number of amides is 4.